The van der Waals surface area contributed by atoms with E-state index in [1.54, 1.807) is 0 Å². The topological polar surface area (TPSA) is 12.4 Å². The van der Waals surface area contributed by atoms with Gasteiger partial charge in [0, 0.05) is 6.42 Å². The van der Waals surface area contributed by atoms with Crippen LogP contribution in [0.5, 0.6) is 0 Å². The molecular formula is C12H17ClN2S. The average Bonchev–Trinajstić information content (AvgIpc) is 2.16. The van der Waals surface area contributed by atoms with Gasteiger partial charge in [-0.2, -0.15) is 4.99 Å². The summed E-state index contributed by atoms with van der Waals surface area (Å²) in [5.74, 6) is 0. The van der Waals surface area contributed by atoms with Crippen LogP contribution in [0.25, 0.3) is 0 Å². The molecule has 16 heavy (non-hydrogen) atoms. The van der Waals surface area contributed by atoms with Crippen molar-refractivity contribution < 1.29 is 16.9 Å². The molecule has 0 unspecified atom stereocenters. The van der Waals surface area contributed by atoms with Crippen molar-refractivity contribution in [2.24, 2.45) is 4.99 Å². The molecule has 1 aromatic rings. The number of likely N-dealkylation sites (N-methyl/N-ethyl adjacent to an activating group) is 1. The normalized spacial score (nSPS) is 10.2. The number of benzene rings is 1. The van der Waals surface area contributed by atoms with E-state index >= 15 is 0 Å². The maximum absolute atomic E-state index is 4.63. The zero-order valence-corrected chi connectivity index (χ0v) is 11.5. The summed E-state index contributed by atoms with van der Waals surface area (Å²) < 4.78 is 0.954. The molecule has 0 N–H and O–H groups in total. The van der Waals surface area contributed by atoms with Crippen molar-refractivity contribution in [1.82, 2.24) is 0 Å². The molecule has 1 rings (SSSR count). The fourth-order valence-corrected chi connectivity index (χ4v) is 1.43. The van der Waals surface area contributed by atoms with Gasteiger partial charge in [-0.05, 0) is 23.8 Å². The first-order valence-electron chi connectivity index (χ1n) is 4.99. The Morgan fingerprint density at radius 1 is 1.25 bits per heavy atom. The fraction of sp³-hybridized carbons (Fsp3) is 0.417. The van der Waals surface area contributed by atoms with Gasteiger partial charge in [-0.25, -0.2) is 0 Å². The smallest absolute Gasteiger partial charge is 0.0822 e. The number of para-hydroxylation sites is 1. The zero-order chi connectivity index (χ0) is 11.3. The molecule has 0 bridgehead atoms. The van der Waals surface area contributed by atoms with Crippen molar-refractivity contribution in [3.63, 3.8) is 0 Å². The number of thiocarbonyl (C=S) groups is 1. The van der Waals surface area contributed by atoms with Crippen molar-refractivity contribution in [3.05, 3.63) is 29.8 Å². The molecule has 0 aliphatic carbocycles. The standard InChI is InChI=1S/C12H17N2S.ClH/c1-14(2,3)9-8-11-6-4-5-7-12(11)13-10-15;/h4-7H,8-9H2,1-3H3;1H/q+1;/p-1. The molecule has 0 spiro atoms. The maximum atomic E-state index is 4.63. The summed E-state index contributed by atoms with van der Waals surface area (Å²) >= 11 is 4.63. The van der Waals surface area contributed by atoms with Crippen LogP contribution >= 0.6 is 12.2 Å². The van der Waals surface area contributed by atoms with Crippen molar-refractivity contribution in [2.75, 3.05) is 27.7 Å². The van der Waals surface area contributed by atoms with Gasteiger partial charge in [0.1, 0.15) is 0 Å². The molecule has 0 atom stereocenters. The molecule has 0 saturated carbocycles. The van der Waals surface area contributed by atoms with Crippen LogP contribution in [0.1, 0.15) is 5.56 Å². The Bertz CT molecular complexity index is 379. The third-order valence-electron chi connectivity index (χ3n) is 2.21. The minimum Gasteiger partial charge on any atom is -1.00 e. The van der Waals surface area contributed by atoms with Crippen LogP contribution in [-0.4, -0.2) is 37.3 Å². The molecule has 0 saturated heterocycles. The van der Waals surface area contributed by atoms with Crippen LogP contribution in [0.2, 0.25) is 0 Å². The third-order valence-corrected chi connectivity index (χ3v) is 2.30. The molecule has 4 heteroatoms. The van der Waals surface area contributed by atoms with Crippen molar-refractivity contribution in [3.8, 4) is 0 Å². The average molecular weight is 257 g/mol. The Kier molecular flexibility index (Phi) is 6.46. The number of quaternary nitrogens is 1. The number of nitrogens with zero attached hydrogens (tertiary/aromatic N) is 2. The molecule has 0 amide bonds. The molecular weight excluding hydrogens is 240 g/mol. The van der Waals surface area contributed by atoms with Gasteiger partial charge >= 0.3 is 0 Å². The number of aliphatic imine (C=N–C) groups is 1. The summed E-state index contributed by atoms with van der Waals surface area (Å²) in [5, 5.41) is 2.42. The first kappa shape index (κ1) is 15.3. The first-order chi connectivity index (χ1) is 7.03. The predicted octanol–water partition coefficient (Wildman–Crippen LogP) is -0.326. The second-order valence-electron chi connectivity index (χ2n) is 4.60. The molecule has 0 aliphatic rings. The highest BCUT2D eigenvalue weighted by molar-refractivity contribution is 7.78. The Labute approximate surface area is 109 Å². The van der Waals surface area contributed by atoms with E-state index in [4.69, 9.17) is 0 Å². The second kappa shape index (κ2) is 6.77. The third kappa shape index (κ3) is 5.38. The number of hydrogen-bond acceptors (Lipinski definition) is 2. The van der Waals surface area contributed by atoms with Crippen molar-refractivity contribution in [1.29, 1.82) is 0 Å². The molecule has 0 aliphatic heterocycles. The summed E-state index contributed by atoms with van der Waals surface area (Å²) in [6, 6.07) is 8.08. The highest BCUT2D eigenvalue weighted by Gasteiger charge is 2.08. The Balaban J connectivity index is 0.00000225. The van der Waals surface area contributed by atoms with E-state index in [0.29, 0.717) is 0 Å². The lowest BCUT2D eigenvalue weighted by Crippen LogP contribution is -3.00. The van der Waals surface area contributed by atoms with Gasteiger partial charge < -0.3 is 16.9 Å². The van der Waals surface area contributed by atoms with E-state index in [-0.39, 0.29) is 12.4 Å². The van der Waals surface area contributed by atoms with E-state index in [0.717, 1.165) is 23.1 Å². The molecule has 0 radical (unpaired) electrons. The second-order valence-corrected chi connectivity index (χ2v) is 4.78. The van der Waals surface area contributed by atoms with E-state index < -0.39 is 0 Å². The summed E-state index contributed by atoms with van der Waals surface area (Å²) in [7, 11) is 6.56. The molecule has 0 heterocycles. The maximum Gasteiger partial charge on any atom is 0.0822 e. The highest BCUT2D eigenvalue weighted by Crippen LogP contribution is 2.18. The molecule has 88 valence electrons. The highest BCUT2D eigenvalue weighted by atomic mass is 35.5. The molecule has 0 fully saturated rings. The predicted molar refractivity (Wildman–Crippen MR) is 67.7 cm³/mol. The van der Waals surface area contributed by atoms with Crippen LogP contribution < -0.4 is 12.4 Å². The molecule has 2 nitrogen and oxygen atoms in total. The van der Waals surface area contributed by atoms with Crippen LogP contribution in [-0.2, 0) is 6.42 Å². The van der Waals surface area contributed by atoms with E-state index in [1.807, 2.05) is 18.2 Å². The Morgan fingerprint density at radius 3 is 2.44 bits per heavy atom. The fourth-order valence-electron chi connectivity index (χ4n) is 1.34. The van der Waals surface area contributed by atoms with Gasteiger partial charge in [-0.3, -0.25) is 0 Å². The number of hydrogen-bond donors (Lipinski definition) is 0. The number of halogens is 1. The van der Waals surface area contributed by atoms with Gasteiger partial charge in [0.2, 0.25) is 0 Å². The van der Waals surface area contributed by atoms with Crippen LogP contribution in [0, 0.1) is 0 Å². The minimum atomic E-state index is 0. The summed E-state index contributed by atoms with van der Waals surface area (Å²) in [6.45, 7) is 1.09. The van der Waals surface area contributed by atoms with E-state index in [9.17, 15) is 0 Å². The lowest BCUT2D eigenvalue weighted by Gasteiger charge is -2.23. The molecule has 1 aromatic carbocycles. The van der Waals surface area contributed by atoms with Gasteiger partial charge in [0.05, 0.1) is 38.5 Å². The SMILES string of the molecule is C[N+](C)(C)CCc1ccccc1N=C=S.[Cl-]. The minimum absolute atomic E-state index is 0. The first-order valence-corrected chi connectivity index (χ1v) is 5.40. The van der Waals surface area contributed by atoms with Crippen LogP contribution in [0.15, 0.2) is 29.3 Å². The van der Waals surface area contributed by atoms with Gasteiger partial charge in [0.25, 0.3) is 0 Å². The number of isothiocyanates is 1. The summed E-state index contributed by atoms with van der Waals surface area (Å²) in [4.78, 5) is 4.07. The lowest BCUT2D eigenvalue weighted by molar-refractivity contribution is -0.870. The van der Waals surface area contributed by atoms with Gasteiger partial charge in [-0.15, -0.1) is 0 Å². The quantitative estimate of drug-likeness (QED) is 0.409. The Morgan fingerprint density at radius 2 is 1.88 bits per heavy atom. The van der Waals surface area contributed by atoms with E-state index in [1.165, 1.54) is 5.56 Å². The Hall–Kier alpha value is -0.730. The van der Waals surface area contributed by atoms with Gasteiger partial charge in [-0.1, -0.05) is 18.2 Å². The summed E-state index contributed by atoms with van der Waals surface area (Å²) in [6.07, 6.45) is 1.01. The van der Waals surface area contributed by atoms with Crippen LogP contribution in [0.4, 0.5) is 5.69 Å². The van der Waals surface area contributed by atoms with Crippen LogP contribution in [0.3, 0.4) is 0 Å². The number of rotatable bonds is 4. The largest absolute Gasteiger partial charge is 1.00 e. The molecule has 0 aromatic heterocycles. The summed E-state index contributed by atoms with van der Waals surface area (Å²) in [5.41, 5.74) is 2.18. The zero-order valence-electron chi connectivity index (χ0n) is 9.90. The lowest BCUT2D eigenvalue weighted by atomic mass is 10.1. The van der Waals surface area contributed by atoms with Crippen molar-refractivity contribution in [2.45, 2.75) is 6.42 Å². The van der Waals surface area contributed by atoms with E-state index in [2.05, 4.69) is 49.6 Å². The van der Waals surface area contributed by atoms with Crippen molar-refractivity contribution >= 4 is 23.1 Å². The van der Waals surface area contributed by atoms with Gasteiger partial charge in [0.15, 0.2) is 0 Å². The monoisotopic (exact) mass is 256 g/mol.